The van der Waals surface area contributed by atoms with Crippen molar-refractivity contribution < 1.29 is 15.0 Å². The fraction of sp³-hybridized carbons (Fsp3) is 0.909. The first kappa shape index (κ1) is 11.5. The second-order valence-corrected chi connectivity index (χ2v) is 4.43. The maximum Gasteiger partial charge on any atom is 0.309 e. The molecule has 3 heteroatoms. The van der Waals surface area contributed by atoms with E-state index in [1.807, 2.05) is 0 Å². The highest BCUT2D eigenvalue weighted by atomic mass is 16.4. The van der Waals surface area contributed by atoms with Gasteiger partial charge in [0, 0.05) is 6.61 Å². The molecule has 0 bridgehead atoms. The molecule has 2 unspecified atom stereocenters. The van der Waals surface area contributed by atoms with Crippen molar-refractivity contribution >= 4 is 5.97 Å². The molecule has 0 aromatic rings. The Labute approximate surface area is 85.1 Å². The smallest absolute Gasteiger partial charge is 0.309 e. The van der Waals surface area contributed by atoms with Gasteiger partial charge in [-0.15, -0.1) is 0 Å². The molecule has 3 nitrogen and oxygen atoms in total. The molecule has 0 aromatic carbocycles. The molecule has 0 aromatic heterocycles. The van der Waals surface area contributed by atoms with Crippen molar-refractivity contribution in [2.45, 2.75) is 45.4 Å². The van der Waals surface area contributed by atoms with Crippen LogP contribution >= 0.6 is 0 Å². The number of aliphatic hydroxyl groups excluding tert-OH is 1. The fourth-order valence-corrected chi connectivity index (χ4v) is 2.58. The monoisotopic (exact) mass is 200 g/mol. The molecule has 0 radical (unpaired) electrons. The topological polar surface area (TPSA) is 57.5 Å². The summed E-state index contributed by atoms with van der Waals surface area (Å²) in [7, 11) is 0. The van der Waals surface area contributed by atoms with Gasteiger partial charge in [0.1, 0.15) is 0 Å². The SMILES string of the molecule is CCC1CCCC(CCO)(C(=O)O)C1. The zero-order valence-corrected chi connectivity index (χ0v) is 8.83. The molecule has 0 spiro atoms. The Bertz CT molecular complexity index is 199. The summed E-state index contributed by atoms with van der Waals surface area (Å²) in [4.78, 5) is 11.2. The lowest BCUT2D eigenvalue weighted by Crippen LogP contribution is -2.37. The Balaban J connectivity index is 2.70. The first-order valence-electron chi connectivity index (χ1n) is 5.49. The van der Waals surface area contributed by atoms with Crippen LogP contribution in [0, 0.1) is 11.3 Å². The van der Waals surface area contributed by atoms with E-state index in [4.69, 9.17) is 5.11 Å². The lowest BCUT2D eigenvalue weighted by molar-refractivity contribution is -0.153. The third-order valence-electron chi connectivity index (χ3n) is 3.57. The second kappa shape index (κ2) is 4.78. The van der Waals surface area contributed by atoms with E-state index in [1.54, 1.807) is 0 Å². The number of carbonyl (C=O) groups is 1. The van der Waals surface area contributed by atoms with E-state index in [9.17, 15) is 9.90 Å². The number of carboxylic acid groups (broad SMARTS) is 1. The molecule has 14 heavy (non-hydrogen) atoms. The van der Waals surface area contributed by atoms with Crippen LogP contribution in [-0.4, -0.2) is 22.8 Å². The molecule has 1 fully saturated rings. The molecule has 1 aliphatic carbocycles. The summed E-state index contributed by atoms with van der Waals surface area (Å²) in [6, 6.07) is 0. The van der Waals surface area contributed by atoms with Crippen molar-refractivity contribution in [1.82, 2.24) is 0 Å². The molecule has 0 saturated heterocycles. The van der Waals surface area contributed by atoms with Crippen LogP contribution in [0.4, 0.5) is 0 Å². The minimum absolute atomic E-state index is 0.0112. The minimum Gasteiger partial charge on any atom is -0.481 e. The first-order chi connectivity index (χ1) is 6.64. The van der Waals surface area contributed by atoms with Crippen molar-refractivity contribution in [3.05, 3.63) is 0 Å². The average molecular weight is 200 g/mol. The molecular formula is C11H20O3. The Morgan fingerprint density at radius 1 is 1.57 bits per heavy atom. The number of aliphatic carboxylic acids is 1. The van der Waals surface area contributed by atoms with Gasteiger partial charge in [-0.3, -0.25) is 4.79 Å². The number of hydrogen-bond acceptors (Lipinski definition) is 2. The minimum atomic E-state index is -0.718. The number of rotatable bonds is 4. The van der Waals surface area contributed by atoms with Gasteiger partial charge in [-0.2, -0.15) is 0 Å². The normalized spacial score (nSPS) is 32.9. The van der Waals surface area contributed by atoms with Crippen LogP contribution in [0.1, 0.15) is 45.4 Å². The Hall–Kier alpha value is -0.570. The van der Waals surface area contributed by atoms with Gasteiger partial charge in [-0.05, 0) is 25.2 Å². The summed E-state index contributed by atoms with van der Waals surface area (Å²) in [5.74, 6) is -0.184. The summed E-state index contributed by atoms with van der Waals surface area (Å²) in [6.07, 6.45) is 5.10. The zero-order chi connectivity index (χ0) is 10.6. The van der Waals surface area contributed by atoms with E-state index >= 15 is 0 Å². The molecule has 1 saturated carbocycles. The third-order valence-corrected chi connectivity index (χ3v) is 3.57. The summed E-state index contributed by atoms with van der Waals surface area (Å²) in [5.41, 5.74) is -0.631. The standard InChI is InChI=1S/C11H20O3/c1-2-9-4-3-5-11(8-9,6-7-12)10(13)14/h9,12H,2-8H2,1H3,(H,13,14). The van der Waals surface area contributed by atoms with Crippen LogP contribution < -0.4 is 0 Å². The molecule has 82 valence electrons. The van der Waals surface area contributed by atoms with Gasteiger partial charge in [0.2, 0.25) is 0 Å². The van der Waals surface area contributed by atoms with E-state index in [2.05, 4.69) is 6.92 Å². The van der Waals surface area contributed by atoms with Gasteiger partial charge in [0.15, 0.2) is 0 Å². The van der Waals surface area contributed by atoms with Gasteiger partial charge >= 0.3 is 5.97 Å². The number of aliphatic hydroxyl groups is 1. The highest BCUT2D eigenvalue weighted by molar-refractivity contribution is 5.74. The average Bonchev–Trinajstić information content (AvgIpc) is 2.18. The molecule has 0 heterocycles. The van der Waals surface area contributed by atoms with Gasteiger partial charge in [0.05, 0.1) is 5.41 Å². The molecular weight excluding hydrogens is 180 g/mol. The number of carboxylic acids is 1. The van der Waals surface area contributed by atoms with Crippen LogP contribution in [0.25, 0.3) is 0 Å². The third kappa shape index (κ3) is 2.27. The van der Waals surface area contributed by atoms with E-state index < -0.39 is 11.4 Å². The predicted octanol–water partition coefficient (Wildman–Crippen LogP) is 2.04. The van der Waals surface area contributed by atoms with Crippen molar-refractivity contribution in [2.24, 2.45) is 11.3 Å². The molecule has 2 N–H and O–H groups in total. The highest BCUT2D eigenvalue weighted by Crippen LogP contribution is 2.43. The second-order valence-electron chi connectivity index (χ2n) is 4.43. The van der Waals surface area contributed by atoms with Gasteiger partial charge in [-0.1, -0.05) is 26.2 Å². The largest absolute Gasteiger partial charge is 0.481 e. The summed E-state index contributed by atoms with van der Waals surface area (Å²) in [6.45, 7) is 2.10. The summed E-state index contributed by atoms with van der Waals surface area (Å²) >= 11 is 0. The maximum atomic E-state index is 11.2. The van der Waals surface area contributed by atoms with Gasteiger partial charge in [0.25, 0.3) is 0 Å². The lowest BCUT2D eigenvalue weighted by atomic mass is 9.67. The zero-order valence-electron chi connectivity index (χ0n) is 8.83. The van der Waals surface area contributed by atoms with E-state index in [0.717, 1.165) is 32.1 Å². The lowest BCUT2D eigenvalue weighted by Gasteiger charge is -2.37. The highest BCUT2D eigenvalue weighted by Gasteiger charge is 2.41. The van der Waals surface area contributed by atoms with Crippen molar-refractivity contribution in [3.63, 3.8) is 0 Å². The Kier molecular flexibility index (Phi) is 3.93. The Morgan fingerprint density at radius 3 is 2.79 bits per heavy atom. The summed E-state index contributed by atoms with van der Waals surface area (Å²) < 4.78 is 0. The van der Waals surface area contributed by atoms with Gasteiger partial charge < -0.3 is 10.2 Å². The van der Waals surface area contributed by atoms with Crippen molar-refractivity contribution in [3.8, 4) is 0 Å². The van der Waals surface area contributed by atoms with E-state index in [-0.39, 0.29) is 6.61 Å². The van der Waals surface area contributed by atoms with Crippen LogP contribution in [-0.2, 0) is 4.79 Å². The summed E-state index contributed by atoms with van der Waals surface area (Å²) in [5, 5.41) is 18.2. The van der Waals surface area contributed by atoms with Crippen LogP contribution in [0.15, 0.2) is 0 Å². The molecule has 0 amide bonds. The predicted molar refractivity (Wildman–Crippen MR) is 54.0 cm³/mol. The van der Waals surface area contributed by atoms with Crippen LogP contribution in [0.5, 0.6) is 0 Å². The van der Waals surface area contributed by atoms with Crippen LogP contribution in [0.2, 0.25) is 0 Å². The van der Waals surface area contributed by atoms with Crippen molar-refractivity contribution in [1.29, 1.82) is 0 Å². The number of hydrogen-bond donors (Lipinski definition) is 2. The molecule has 2 atom stereocenters. The fourth-order valence-electron chi connectivity index (χ4n) is 2.58. The van der Waals surface area contributed by atoms with Crippen molar-refractivity contribution in [2.75, 3.05) is 6.61 Å². The maximum absolute atomic E-state index is 11.2. The molecule has 1 rings (SSSR count). The van der Waals surface area contributed by atoms with Gasteiger partial charge in [-0.25, -0.2) is 0 Å². The van der Waals surface area contributed by atoms with Crippen LogP contribution in [0.3, 0.4) is 0 Å². The van der Waals surface area contributed by atoms with E-state index in [1.165, 1.54) is 0 Å². The molecule has 0 aliphatic heterocycles. The van der Waals surface area contributed by atoms with E-state index in [0.29, 0.717) is 12.3 Å². The quantitative estimate of drug-likeness (QED) is 0.730. The molecule has 1 aliphatic rings. The first-order valence-corrected chi connectivity index (χ1v) is 5.49. The Morgan fingerprint density at radius 2 is 2.29 bits per heavy atom.